The summed E-state index contributed by atoms with van der Waals surface area (Å²) >= 11 is 11.9. The molecule has 2 aromatic carbocycles. The van der Waals surface area contributed by atoms with Crippen LogP contribution in [0.3, 0.4) is 0 Å². The Labute approximate surface area is 178 Å². The fourth-order valence-corrected chi connectivity index (χ4v) is 5.96. The zero-order valence-corrected chi connectivity index (χ0v) is 18.2. The molecule has 1 fully saturated rings. The summed E-state index contributed by atoms with van der Waals surface area (Å²) in [5.41, 5.74) is -0.00711. The second-order valence-corrected chi connectivity index (χ2v) is 10.4. The molecule has 8 nitrogen and oxygen atoms in total. The number of sulfonamides is 2. The summed E-state index contributed by atoms with van der Waals surface area (Å²) in [4.78, 5) is 11.7. The highest BCUT2D eigenvalue weighted by molar-refractivity contribution is 7.94. The summed E-state index contributed by atoms with van der Waals surface area (Å²) in [5.74, 6) is -0.969. The third-order valence-electron chi connectivity index (χ3n) is 4.01. The molecule has 0 aromatic heterocycles. The number of anilines is 2. The normalized spacial score (nSPS) is 16.1. The third-order valence-corrected chi connectivity index (χ3v) is 7.63. The molecule has 0 radical (unpaired) electrons. The summed E-state index contributed by atoms with van der Waals surface area (Å²) in [6.45, 7) is 1.84. The number of hydrogen-bond acceptors (Lipinski definition) is 6. The van der Waals surface area contributed by atoms with E-state index in [0.29, 0.717) is 9.33 Å². The number of nitrogens with one attached hydrogen (secondary N) is 1. The first-order valence-electron chi connectivity index (χ1n) is 8.35. The van der Waals surface area contributed by atoms with E-state index in [1.54, 1.807) is 6.92 Å². The lowest BCUT2D eigenvalue weighted by atomic mass is 10.3. The maximum atomic E-state index is 13.0. The predicted molar refractivity (Wildman–Crippen MR) is 111 cm³/mol. The van der Waals surface area contributed by atoms with Crippen molar-refractivity contribution in [2.75, 3.05) is 21.4 Å². The minimum atomic E-state index is -4.24. The van der Waals surface area contributed by atoms with Crippen molar-refractivity contribution >= 4 is 60.5 Å². The standard InChI is InChI=1S/C17H16Cl2N2O6S2/c1-2-27-15-6-4-12(21-17(22)7-8-28(21,23)24)10-16(15)29(25,26)20-14-5-3-11(18)9-13(14)19/h3-6,9-10,20H,2,7-8H2,1H3. The highest BCUT2D eigenvalue weighted by Gasteiger charge is 2.37. The molecule has 0 aliphatic carbocycles. The van der Waals surface area contributed by atoms with Gasteiger partial charge in [-0.2, -0.15) is 0 Å². The predicted octanol–water partition coefficient (Wildman–Crippen LogP) is 3.26. The lowest BCUT2D eigenvalue weighted by Crippen LogP contribution is -2.29. The minimum absolute atomic E-state index is 0.00196. The molecule has 0 unspecified atom stereocenters. The summed E-state index contributed by atoms with van der Waals surface area (Å²) in [7, 11) is -8.10. The van der Waals surface area contributed by atoms with Gasteiger partial charge in [0.1, 0.15) is 10.6 Å². The van der Waals surface area contributed by atoms with Crippen LogP contribution in [-0.4, -0.2) is 35.1 Å². The van der Waals surface area contributed by atoms with E-state index < -0.39 is 26.0 Å². The van der Waals surface area contributed by atoms with Crippen molar-refractivity contribution < 1.29 is 26.4 Å². The average molecular weight is 479 g/mol. The quantitative estimate of drug-likeness (QED) is 0.681. The molecule has 1 saturated heterocycles. The molecule has 1 N–H and O–H groups in total. The fraction of sp³-hybridized carbons (Fsp3) is 0.235. The molecule has 29 heavy (non-hydrogen) atoms. The molecule has 1 aliphatic rings. The van der Waals surface area contributed by atoms with Crippen molar-refractivity contribution in [2.45, 2.75) is 18.2 Å². The smallest absolute Gasteiger partial charge is 0.265 e. The number of benzene rings is 2. The van der Waals surface area contributed by atoms with Gasteiger partial charge in [-0.15, -0.1) is 0 Å². The van der Waals surface area contributed by atoms with E-state index in [9.17, 15) is 21.6 Å². The molecular formula is C17H16Cl2N2O6S2. The zero-order chi connectivity index (χ0) is 21.4. The molecule has 12 heteroatoms. The van der Waals surface area contributed by atoms with Gasteiger partial charge >= 0.3 is 0 Å². The Hall–Kier alpha value is -2.01. The summed E-state index contributed by atoms with van der Waals surface area (Å²) in [6, 6.07) is 7.92. The van der Waals surface area contributed by atoms with Crippen LogP contribution in [0.25, 0.3) is 0 Å². The molecule has 1 heterocycles. The van der Waals surface area contributed by atoms with Crippen molar-refractivity contribution in [1.82, 2.24) is 0 Å². The first-order valence-corrected chi connectivity index (χ1v) is 12.2. The van der Waals surface area contributed by atoms with E-state index in [2.05, 4.69) is 4.72 Å². The van der Waals surface area contributed by atoms with Crippen LogP contribution < -0.4 is 13.8 Å². The van der Waals surface area contributed by atoms with Gasteiger partial charge < -0.3 is 4.74 Å². The van der Waals surface area contributed by atoms with E-state index in [1.807, 2.05) is 0 Å². The topological polar surface area (TPSA) is 110 Å². The van der Waals surface area contributed by atoms with Gasteiger partial charge in [0.15, 0.2) is 0 Å². The van der Waals surface area contributed by atoms with Crippen molar-refractivity contribution in [3.05, 3.63) is 46.4 Å². The number of amides is 1. The van der Waals surface area contributed by atoms with Crippen molar-refractivity contribution in [1.29, 1.82) is 0 Å². The van der Waals surface area contributed by atoms with Gasteiger partial charge in [0.2, 0.25) is 15.9 Å². The number of rotatable bonds is 6. The second kappa shape index (κ2) is 8.02. The largest absolute Gasteiger partial charge is 0.492 e. The molecule has 1 aliphatic heterocycles. The number of ether oxygens (including phenoxy) is 1. The zero-order valence-electron chi connectivity index (χ0n) is 15.1. The van der Waals surface area contributed by atoms with E-state index in [4.69, 9.17) is 27.9 Å². The molecule has 156 valence electrons. The van der Waals surface area contributed by atoms with E-state index in [-0.39, 0.29) is 45.8 Å². The number of carbonyl (C=O) groups excluding carboxylic acids is 1. The second-order valence-electron chi connectivity index (χ2n) is 6.02. The molecular weight excluding hydrogens is 463 g/mol. The summed E-state index contributed by atoms with van der Waals surface area (Å²) in [6.07, 6.45) is -0.170. The number of halogens is 2. The lowest BCUT2D eigenvalue weighted by Gasteiger charge is -2.19. The van der Waals surface area contributed by atoms with Crippen molar-refractivity contribution in [3.8, 4) is 5.75 Å². The molecule has 2 aromatic rings. The van der Waals surface area contributed by atoms with Crippen LogP contribution in [0.4, 0.5) is 11.4 Å². The van der Waals surface area contributed by atoms with Gasteiger partial charge in [-0.25, -0.2) is 21.1 Å². The molecule has 0 atom stereocenters. The highest BCUT2D eigenvalue weighted by Crippen LogP contribution is 2.35. The van der Waals surface area contributed by atoms with E-state index >= 15 is 0 Å². The van der Waals surface area contributed by atoms with Crippen LogP contribution in [0.15, 0.2) is 41.3 Å². The van der Waals surface area contributed by atoms with Crippen LogP contribution in [0, 0.1) is 0 Å². The Balaban J connectivity index is 2.09. The third kappa shape index (κ3) is 4.45. The van der Waals surface area contributed by atoms with Crippen molar-refractivity contribution in [3.63, 3.8) is 0 Å². The average Bonchev–Trinajstić information content (AvgIpc) is 2.91. The number of nitrogens with zero attached hydrogens (tertiary/aromatic N) is 1. The highest BCUT2D eigenvalue weighted by atomic mass is 35.5. The summed E-state index contributed by atoms with van der Waals surface area (Å²) < 4.78 is 58.7. The maximum Gasteiger partial charge on any atom is 0.265 e. The Morgan fingerprint density at radius 2 is 1.90 bits per heavy atom. The monoisotopic (exact) mass is 478 g/mol. The van der Waals surface area contributed by atoms with Crippen molar-refractivity contribution in [2.24, 2.45) is 0 Å². The fourth-order valence-electron chi connectivity index (χ4n) is 2.75. The number of carbonyl (C=O) groups is 1. The minimum Gasteiger partial charge on any atom is -0.492 e. The Morgan fingerprint density at radius 3 is 2.48 bits per heavy atom. The Morgan fingerprint density at radius 1 is 1.17 bits per heavy atom. The molecule has 0 spiro atoms. The van der Waals surface area contributed by atoms with Crippen LogP contribution in [0.1, 0.15) is 13.3 Å². The van der Waals surface area contributed by atoms with Gasteiger partial charge in [-0.1, -0.05) is 23.2 Å². The Kier molecular flexibility index (Phi) is 6.00. The molecule has 0 saturated carbocycles. The SMILES string of the molecule is CCOc1ccc(N2C(=O)CCS2(=O)=O)cc1S(=O)(=O)Nc1ccc(Cl)cc1Cl. The maximum absolute atomic E-state index is 13.0. The van der Waals surface area contributed by atoms with Gasteiger partial charge in [-0.05, 0) is 43.3 Å². The summed E-state index contributed by atoms with van der Waals surface area (Å²) in [5, 5.41) is 0.403. The Bertz CT molecular complexity index is 1180. The number of hydrogen-bond donors (Lipinski definition) is 1. The molecule has 1 amide bonds. The van der Waals surface area contributed by atoms with Crippen LogP contribution in [0.5, 0.6) is 5.75 Å². The van der Waals surface area contributed by atoms with E-state index in [1.165, 1.54) is 30.3 Å². The van der Waals surface area contributed by atoms with Crippen LogP contribution in [-0.2, 0) is 24.8 Å². The first-order chi connectivity index (χ1) is 13.5. The van der Waals surface area contributed by atoms with Gasteiger partial charge in [0.25, 0.3) is 10.0 Å². The van der Waals surface area contributed by atoms with Crippen LogP contribution in [0.2, 0.25) is 10.0 Å². The lowest BCUT2D eigenvalue weighted by molar-refractivity contribution is -0.116. The van der Waals surface area contributed by atoms with Gasteiger partial charge in [-0.3, -0.25) is 9.52 Å². The van der Waals surface area contributed by atoms with Crippen LogP contribution >= 0.6 is 23.2 Å². The first kappa shape index (κ1) is 21.7. The van der Waals surface area contributed by atoms with E-state index in [0.717, 1.165) is 6.07 Å². The molecule has 3 rings (SSSR count). The molecule has 0 bridgehead atoms. The van der Waals surface area contributed by atoms with Gasteiger partial charge in [0, 0.05) is 11.4 Å². The van der Waals surface area contributed by atoms with Gasteiger partial charge in [0.05, 0.1) is 28.8 Å².